The highest BCUT2D eigenvalue weighted by atomic mass is 32.2. The Kier molecular flexibility index (Phi) is 3.25. The van der Waals surface area contributed by atoms with Crippen molar-refractivity contribution in [3.05, 3.63) is 24.0 Å². The highest BCUT2D eigenvalue weighted by Gasteiger charge is 2.25. The zero-order chi connectivity index (χ0) is 13.3. The minimum Gasteiger partial charge on any atom is -0.399 e. The summed E-state index contributed by atoms with van der Waals surface area (Å²) in [6.07, 6.45) is 1.05. The molecule has 0 bridgehead atoms. The average Bonchev–Trinajstić information content (AvgIpc) is 2.22. The van der Waals surface area contributed by atoms with Crippen molar-refractivity contribution in [2.75, 3.05) is 31.4 Å². The standard InChI is InChI=1S/C11H13FN2O3S/c1-17-13-8-6-14(7-8)11-4-3-9(5-10(11)12)18(2,15)16/h3-5H,6-7H2,1-2H3. The van der Waals surface area contributed by atoms with E-state index in [0.717, 1.165) is 18.0 Å². The minimum absolute atomic E-state index is 0.0185. The van der Waals surface area contributed by atoms with Gasteiger partial charge in [0.2, 0.25) is 0 Å². The van der Waals surface area contributed by atoms with Gasteiger partial charge in [-0.25, -0.2) is 12.8 Å². The van der Waals surface area contributed by atoms with E-state index in [1.54, 1.807) is 4.90 Å². The van der Waals surface area contributed by atoms with Crippen molar-refractivity contribution in [3.63, 3.8) is 0 Å². The Balaban J connectivity index is 2.20. The van der Waals surface area contributed by atoms with E-state index in [1.165, 1.54) is 19.2 Å². The molecule has 0 aliphatic carbocycles. The van der Waals surface area contributed by atoms with Crippen molar-refractivity contribution in [1.82, 2.24) is 0 Å². The van der Waals surface area contributed by atoms with Crippen molar-refractivity contribution >= 4 is 21.2 Å². The molecule has 5 nitrogen and oxygen atoms in total. The largest absolute Gasteiger partial charge is 0.399 e. The lowest BCUT2D eigenvalue weighted by Gasteiger charge is -2.34. The van der Waals surface area contributed by atoms with Crippen LogP contribution < -0.4 is 4.90 Å². The number of hydrogen-bond donors (Lipinski definition) is 0. The lowest BCUT2D eigenvalue weighted by molar-refractivity contribution is 0.211. The van der Waals surface area contributed by atoms with Crippen molar-refractivity contribution < 1.29 is 17.6 Å². The first-order chi connectivity index (χ1) is 8.41. The molecule has 0 spiro atoms. The molecule has 0 aromatic heterocycles. The van der Waals surface area contributed by atoms with Crippen LogP contribution in [0.5, 0.6) is 0 Å². The Bertz CT molecular complexity index is 590. The minimum atomic E-state index is -3.38. The fourth-order valence-electron chi connectivity index (χ4n) is 1.73. The maximum atomic E-state index is 13.8. The summed E-state index contributed by atoms with van der Waals surface area (Å²) in [7, 11) is -1.92. The predicted octanol–water partition coefficient (Wildman–Crippen LogP) is 1.05. The van der Waals surface area contributed by atoms with E-state index < -0.39 is 15.7 Å². The SMILES string of the molecule is CON=C1CN(c2ccc(S(C)(=O)=O)cc2F)C1. The van der Waals surface area contributed by atoms with Gasteiger partial charge in [0, 0.05) is 6.26 Å². The number of benzene rings is 1. The van der Waals surface area contributed by atoms with Gasteiger partial charge in [0.25, 0.3) is 0 Å². The first-order valence-corrected chi connectivity index (χ1v) is 7.14. The molecule has 1 fully saturated rings. The summed E-state index contributed by atoms with van der Waals surface area (Å²) in [6, 6.07) is 3.91. The molecule has 1 saturated heterocycles. The summed E-state index contributed by atoms with van der Waals surface area (Å²) in [5.41, 5.74) is 1.20. The molecule has 0 amide bonds. The third kappa shape index (κ3) is 2.45. The summed E-state index contributed by atoms with van der Waals surface area (Å²) < 4.78 is 36.3. The Morgan fingerprint density at radius 3 is 2.56 bits per heavy atom. The number of hydrogen-bond acceptors (Lipinski definition) is 5. The van der Waals surface area contributed by atoms with E-state index >= 15 is 0 Å². The quantitative estimate of drug-likeness (QED) is 0.772. The van der Waals surface area contributed by atoms with Gasteiger partial charge in [-0.3, -0.25) is 0 Å². The second-order valence-electron chi connectivity index (χ2n) is 4.08. The maximum Gasteiger partial charge on any atom is 0.175 e. The highest BCUT2D eigenvalue weighted by molar-refractivity contribution is 7.90. The molecule has 2 rings (SSSR count). The third-order valence-electron chi connectivity index (χ3n) is 2.66. The fourth-order valence-corrected chi connectivity index (χ4v) is 2.36. The molecule has 1 aromatic rings. The zero-order valence-corrected chi connectivity index (χ0v) is 10.9. The molecule has 98 valence electrons. The van der Waals surface area contributed by atoms with Gasteiger partial charge in [0.1, 0.15) is 12.9 Å². The van der Waals surface area contributed by atoms with E-state index in [2.05, 4.69) is 9.99 Å². The molecule has 0 saturated carbocycles. The van der Waals surface area contributed by atoms with E-state index in [-0.39, 0.29) is 4.90 Å². The summed E-state index contributed by atoms with van der Waals surface area (Å²) in [5.74, 6) is -0.547. The number of oxime groups is 1. The zero-order valence-electron chi connectivity index (χ0n) is 10.1. The molecule has 1 aliphatic heterocycles. The van der Waals surface area contributed by atoms with E-state index in [0.29, 0.717) is 18.8 Å². The van der Waals surface area contributed by atoms with E-state index in [4.69, 9.17) is 0 Å². The van der Waals surface area contributed by atoms with Gasteiger partial charge in [-0.15, -0.1) is 0 Å². The van der Waals surface area contributed by atoms with Crippen LogP contribution in [-0.2, 0) is 14.7 Å². The highest BCUT2D eigenvalue weighted by Crippen LogP contribution is 2.25. The first-order valence-electron chi connectivity index (χ1n) is 5.25. The molecule has 0 N–H and O–H groups in total. The summed E-state index contributed by atoms with van der Waals surface area (Å²) in [4.78, 5) is 6.34. The lowest BCUT2D eigenvalue weighted by atomic mass is 10.1. The van der Waals surface area contributed by atoms with E-state index in [9.17, 15) is 12.8 Å². The van der Waals surface area contributed by atoms with Gasteiger partial charge >= 0.3 is 0 Å². The molecule has 1 aliphatic rings. The molecule has 1 heterocycles. The number of rotatable bonds is 3. The van der Waals surface area contributed by atoms with Gasteiger partial charge in [0.05, 0.1) is 29.4 Å². The van der Waals surface area contributed by atoms with Crippen LogP contribution >= 0.6 is 0 Å². The second-order valence-corrected chi connectivity index (χ2v) is 6.10. The average molecular weight is 272 g/mol. The predicted molar refractivity (Wildman–Crippen MR) is 66.2 cm³/mol. The molecule has 18 heavy (non-hydrogen) atoms. The van der Waals surface area contributed by atoms with E-state index in [1.807, 2.05) is 0 Å². The Morgan fingerprint density at radius 1 is 1.39 bits per heavy atom. The second kappa shape index (κ2) is 4.56. The van der Waals surface area contributed by atoms with Gasteiger partial charge in [-0.1, -0.05) is 5.16 Å². The van der Waals surface area contributed by atoms with Gasteiger partial charge < -0.3 is 9.74 Å². The topological polar surface area (TPSA) is 59.0 Å². The summed E-state index contributed by atoms with van der Waals surface area (Å²) in [5, 5.41) is 3.75. The Labute approximate surface area is 105 Å². The first kappa shape index (κ1) is 12.8. The van der Waals surface area contributed by atoms with Crippen molar-refractivity contribution in [1.29, 1.82) is 0 Å². The lowest BCUT2D eigenvalue weighted by Crippen LogP contribution is -2.48. The van der Waals surface area contributed by atoms with Crippen LogP contribution in [0.25, 0.3) is 0 Å². The van der Waals surface area contributed by atoms with Crippen LogP contribution in [0.3, 0.4) is 0 Å². The number of nitrogens with zero attached hydrogens (tertiary/aromatic N) is 2. The molecular weight excluding hydrogens is 259 g/mol. The monoisotopic (exact) mass is 272 g/mol. The summed E-state index contributed by atoms with van der Waals surface area (Å²) >= 11 is 0. The van der Waals surface area contributed by atoms with Gasteiger partial charge in [0.15, 0.2) is 9.84 Å². The van der Waals surface area contributed by atoms with Gasteiger partial charge in [-0.05, 0) is 18.2 Å². The number of halogens is 1. The maximum absolute atomic E-state index is 13.8. The van der Waals surface area contributed by atoms with Crippen molar-refractivity contribution in [2.24, 2.45) is 5.16 Å². The van der Waals surface area contributed by atoms with Crippen LogP contribution in [0.2, 0.25) is 0 Å². The van der Waals surface area contributed by atoms with Gasteiger partial charge in [-0.2, -0.15) is 0 Å². The molecule has 0 atom stereocenters. The van der Waals surface area contributed by atoms with Crippen LogP contribution in [0.4, 0.5) is 10.1 Å². The molecule has 7 heteroatoms. The smallest absolute Gasteiger partial charge is 0.175 e. The molecular formula is C11H13FN2O3S. The number of anilines is 1. The molecule has 0 radical (unpaired) electrons. The van der Waals surface area contributed by atoms with Crippen LogP contribution in [0, 0.1) is 5.82 Å². The molecule has 1 aromatic carbocycles. The van der Waals surface area contributed by atoms with Crippen LogP contribution in [0.1, 0.15) is 0 Å². The number of sulfone groups is 1. The molecule has 0 unspecified atom stereocenters. The summed E-state index contributed by atoms with van der Waals surface area (Å²) in [6.45, 7) is 0.978. The van der Waals surface area contributed by atoms with Crippen molar-refractivity contribution in [3.8, 4) is 0 Å². The Hall–Kier alpha value is -1.63. The Morgan fingerprint density at radius 2 is 2.06 bits per heavy atom. The van der Waals surface area contributed by atoms with Crippen LogP contribution in [0.15, 0.2) is 28.3 Å². The van der Waals surface area contributed by atoms with Crippen LogP contribution in [-0.4, -0.2) is 40.6 Å². The third-order valence-corrected chi connectivity index (χ3v) is 3.77. The normalized spacial score (nSPS) is 15.3. The fraction of sp³-hybridized carbons (Fsp3) is 0.364. The van der Waals surface area contributed by atoms with Crippen molar-refractivity contribution in [2.45, 2.75) is 4.90 Å².